The highest BCUT2D eigenvalue weighted by atomic mass is 32.2. The summed E-state index contributed by atoms with van der Waals surface area (Å²) in [5.74, 6) is 6.14. The zero-order valence-corrected chi connectivity index (χ0v) is 11.2. The first-order valence-corrected chi connectivity index (χ1v) is 7.69. The summed E-state index contributed by atoms with van der Waals surface area (Å²) in [7, 11) is -3.15. The quantitative estimate of drug-likeness (QED) is 0.766. The Morgan fingerprint density at radius 1 is 1.29 bits per heavy atom. The molecular weight excluding hydrogens is 256 g/mol. The zero-order chi connectivity index (χ0) is 12.9. The highest BCUT2D eigenvalue weighted by Crippen LogP contribution is 2.09. The van der Waals surface area contributed by atoms with E-state index in [9.17, 15) is 13.2 Å². The van der Waals surface area contributed by atoms with Crippen molar-refractivity contribution in [3.8, 4) is 11.8 Å². The fourth-order valence-corrected chi connectivity index (χ4v) is 2.04. The van der Waals surface area contributed by atoms with E-state index in [-0.39, 0.29) is 10.0 Å². The number of rotatable bonds is 2. The first kappa shape index (κ1) is 13.8. The monoisotopic (exact) mass is 268 g/mol. The fourth-order valence-electron chi connectivity index (χ4n) is 1.06. The molecule has 1 aromatic carbocycles. The Balaban J connectivity index is 2.72. The lowest BCUT2D eigenvalue weighted by Gasteiger charge is -1.97. The van der Waals surface area contributed by atoms with Gasteiger partial charge in [0.2, 0.25) is 0 Å². The van der Waals surface area contributed by atoms with Crippen LogP contribution < -0.4 is 0 Å². The lowest BCUT2D eigenvalue weighted by Crippen LogP contribution is -1.96. The molecule has 0 unspecified atom stereocenters. The number of carbonyl (C=O) groups is 1. The molecule has 0 bridgehead atoms. The summed E-state index contributed by atoms with van der Waals surface area (Å²) < 4.78 is 22.4. The van der Waals surface area contributed by atoms with Crippen LogP contribution >= 0.6 is 11.8 Å². The molecule has 0 N–H and O–H groups in total. The van der Waals surface area contributed by atoms with Gasteiger partial charge in [-0.1, -0.05) is 23.6 Å². The van der Waals surface area contributed by atoms with E-state index < -0.39 is 9.84 Å². The van der Waals surface area contributed by atoms with Crippen molar-refractivity contribution in [3.05, 3.63) is 29.8 Å². The Kier molecular flexibility index (Phi) is 4.79. The average molecular weight is 268 g/mol. The van der Waals surface area contributed by atoms with Gasteiger partial charge in [-0.15, -0.1) is 0 Å². The van der Waals surface area contributed by atoms with Crippen molar-refractivity contribution in [2.24, 2.45) is 0 Å². The Labute approximate surface area is 106 Å². The second-order valence-electron chi connectivity index (χ2n) is 3.38. The summed E-state index contributed by atoms with van der Waals surface area (Å²) in [5, 5.41) is 0.0340. The van der Waals surface area contributed by atoms with Crippen molar-refractivity contribution in [2.75, 3.05) is 12.0 Å². The molecule has 0 fully saturated rings. The van der Waals surface area contributed by atoms with Crippen molar-refractivity contribution < 1.29 is 13.2 Å². The highest BCUT2D eigenvalue weighted by molar-refractivity contribution is 8.13. The van der Waals surface area contributed by atoms with Crippen LogP contribution in [0, 0.1) is 11.8 Å². The van der Waals surface area contributed by atoms with Crippen LogP contribution in [0.3, 0.4) is 0 Å². The minimum atomic E-state index is -3.15. The lowest BCUT2D eigenvalue weighted by atomic mass is 10.2. The maximum Gasteiger partial charge on any atom is 0.186 e. The van der Waals surface area contributed by atoms with Gasteiger partial charge in [-0.25, -0.2) is 8.42 Å². The molecule has 0 amide bonds. The second kappa shape index (κ2) is 5.89. The molecule has 0 aliphatic heterocycles. The Hall–Kier alpha value is -1.25. The molecule has 1 rings (SSSR count). The van der Waals surface area contributed by atoms with Gasteiger partial charge in [-0.3, -0.25) is 4.79 Å². The van der Waals surface area contributed by atoms with Gasteiger partial charge in [0.15, 0.2) is 15.0 Å². The molecule has 0 atom stereocenters. The number of hydrogen-bond donors (Lipinski definition) is 0. The van der Waals surface area contributed by atoms with E-state index in [2.05, 4.69) is 11.8 Å². The van der Waals surface area contributed by atoms with E-state index in [1.165, 1.54) is 19.1 Å². The topological polar surface area (TPSA) is 51.2 Å². The van der Waals surface area contributed by atoms with Crippen LogP contribution in [-0.2, 0) is 14.6 Å². The molecule has 0 heterocycles. The molecule has 0 aromatic heterocycles. The van der Waals surface area contributed by atoms with Crippen molar-refractivity contribution >= 4 is 26.7 Å². The summed E-state index contributed by atoms with van der Waals surface area (Å²) in [5.41, 5.74) is 0.738. The van der Waals surface area contributed by atoms with E-state index in [4.69, 9.17) is 0 Å². The van der Waals surface area contributed by atoms with Crippen molar-refractivity contribution in [3.63, 3.8) is 0 Å². The molecule has 0 radical (unpaired) electrons. The van der Waals surface area contributed by atoms with Gasteiger partial charge in [0.05, 0.1) is 10.6 Å². The standard InChI is InChI=1S/C12H12O3S2/c1-10(13)16-9-3-4-11-5-7-12(8-6-11)17(2,14)15/h5-8H,9H2,1-2H3. The van der Waals surface area contributed by atoms with Crippen LogP contribution in [-0.4, -0.2) is 25.5 Å². The predicted octanol–water partition coefficient (Wildman–Crippen LogP) is 1.72. The molecule has 0 saturated heterocycles. The third-order valence-corrected chi connectivity index (χ3v) is 3.69. The first-order chi connectivity index (χ1) is 7.89. The SMILES string of the molecule is CC(=O)SCC#Cc1ccc(S(C)(=O)=O)cc1. The van der Waals surface area contributed by atoms with Crippen LogP contribution in [0.5, 0.6) is 0 Å². The number of benzene rings is 1. The Morgan fingerprint density at radius 2 is 1.88 bits per heavy atom. The summed E-state index contributed by atoms with van der Waals surface area (Å²) in [4.78, 5) is 10.9. The normalized spacial score (nSPS) is 10.5. The summed E-state index contributed by atoms with van der Waals surface area (Å²) >= 11 is 1.15. The van der Waals surface area contributed by atoms with Gasteiger partial charge in [0.1, 0.15) is 0 Å². The molecule has 1 aromatic rings. The van der Waals surface area contributed by atoms with Crippen molar-refractivity contribution in [2.45, 2.75) is 11.8 Å². The molecule has 90 valence electrons. The average Bonchev–Trinajstić information content (AvgIpc) is 2.23. The third kappa shape index (κ3) is 5.07. The maximum absolute atomic E-state index is 11.2. The maximum atomic E-state index is 11.2. The number of hydrogen-bond acceptors (Lipinski definition) is 4. The minimum absolute atomic E-state index is 0.0340. The van der Waals surface area contributed by atoms with Crippen LogP contribution in [0.2, 0.25) is 0 Å². The van der Waals surface area contributed by atoms with Crippen LogP contribution in [0.25, 0.3) is 0 Å². The van der Waals surface area contributed by atoms with E-state index in [0.717, 1.165) is 23.6 Å². The van der Waals surface area contributed by atoms with Gasteiger partial charge >= 0.3 is 0 Å². The van der Waals surface area contributed by atoms with Crippen molar-refractivity contribution in [1.29, 1.82) is 0 Å². The highest BCUT2D eigenvalue weighted by Gasteiger charge is 2.04. The zero-order valence-electron chi connectivity index (χ0n) is 9.56. The third-order valence-electron chi connectivity index (χ3n) is 1.86. The molecule has 3 nitrogen and oxygen atoms in total. The van der Waals surface area contributed by atoms with Gasteiger partial charge in [-0.2, -0.15) is 0 Å². The van der Waals surface area contributed by atoms with Gasteiger partial charge in [0, 0.05) is 18.7 Å². The fraction of sp³-hybridized carbons (Fsp3) is 0.250. The summed E-state index contributed by atoms with van der Waals surface area (Å²) in [6.45, 7) is 1.49. The smallest absolute Gasteiger partial charge is 0.186 e. The molecule has 0 aliphatic carbocycles. The Morgan fingerprint density at radius 3 is 2.35 bits per heavy atom. The van der Waals surface area contributed by atoms with Gasteiger partial charge in [-0.05, 0) is 24.3 Å². The number of sulfone groups is 1. The first-order valence-electron chi connectivity index (χ1n) is 4.82. The van der Waals surface area contributed by atoms with Crippen LogP contribution in [0.4, 0.5) is 0 Å². The molecule has 0 saturated carbocycles. The molecular formula is C12H12O3S2. The minimum Gasteiger partial charge on any atom is -0.288 e. The van der Waals surface area contributed by atoms with Crippen molar-refractivity contribution in [1.82, 2.24) is 0 Å². The lowest BCUT2D eigenvalue weighted by molar-refractivity contribution is -0.109. The second-order valence-corrected chi connectivity index (χ2v) is 6.55. The molecule has 17 heavy (non-hydrogen) atoms. The molecule has 5 heteroatoms. The van der Waals surface area contributed by atoms with Gasteiger partial charge < -0.3 is 0 Å². The number of carbonyl (C=O) groups excluding carboxylic acids is 1. The van der Waals surface area contributed by atoms with E-state index in [0.29, 0.717) is 5.75 Å². The van der Waals surface area contributed by atoms with E-state index in [1.54, 1.807) is 12.1 Å². The van der Waals surface area contributed by atoms with Crippen LogP contribution in [0.15, 0.2) is 29.2 Å². The summed E-state index contributed by atoms with van der Waals surface area (Å²) in [6.07, 6.45) is 1.16. The predicted molar refractivity (Wildman–Crippen MR) is 69.6 cm³/mol. The summed E-state index contributed by atoms with van der Waals surface area (Å²) in [6, 6.07) is 6.36. The Bertz CT molecular complexity index is 560. The van der Waals surface area contributed by atoms with Crippen LogP contribution in [0.1, 0.15) is 12.5 Å². The largest absolute Gasteiger partial charge is 0.288 e. The van der Waals surface area contributed by atoms with E-state index in [1.807, 2.05) is 0 Å². The van der Waals surface area contributed by atoms with Gasteiger partial charge in [0.25, 0.3) is 0 Å². The molecule has 0 aliphatic rings. The molecule has 0 spiro atoms. The number of thioether (sulfide) groups is 1. The van der Waals surface area contributed by atoms with E-state index >= 15 is 0 Å².